The van der Waals surface area contributed by atoms with Gasteiger partial charge in [-0.2, -0.15) is 0 Å². The third kappa shape index (κ3) is 3.27. The Kier molecular flexibility index (Phi) is 4.16. The molecule has 23 heavy (non-hydrogen) atoms. The van der Waals surface area contributed by atoms with Gasteiger partial charge < -0.3 is 15.5 Å². The number of hydrogen-bond acceptors (Lipinski definition) is 4. The predicted octanol–water partition coefficient (Wildman–Crippen LogP) is 1.04. The molecule has 0 saturated heterocycles. The molecule has 0 aliphatic carbocycles. The van der Waals surface area contributed by atoms with Gasteiger partial charge in [0.1, 0.15) is 11.3 Å². The average molecular weight is 313 g/mol. The van der Waals surface area contributed by atoms with Crippen LogP contribution in [-0.4, -0.2) is 29.4 Å². The third-order valence-corrected chi connectivity index (χ3v) is 4.12. The molecule has 2 heterocycles. The van der Waals surface area contributed by atoms with E-state index in [4.69, 9.17) is 10.5 Å². The number of pyridine rings is 1. The summed E-state index contributed by atoms with van der Waals surface area (Å²) < 4.78 is 5.16. The molecule has 0 bridgehead atoms. The molecule has 2 aromatic rings. The molecule has 1 aromatic carbocycles. The largest absolute Gasteiger partial charge is 0.497 e. The Morgan fingerprint density at radius 3 is 2.74 bits per heavy atom. The molecule has 0 saturated carbocycles. The standard InChI is InChI=1S/C17H19N3O3/c1-23-13-4-2-11(3-5-13)9-20-7-6-15-12(10-20)8-14(16(18)21)17(22)19-15/h2-5,8H,6-7,9-10H2,1H3,(H2,18,21)(H,19,22). The number of methoxy groups -OCH3 is 1. The lowest BCUT2D eigenvalue weighted by molar-refractivity contribution is 0.0998. The summed E-state index contributed by atoms with van der Waals surface area (Å²) in [7, 11) is 1.65. The fraction of sp³-hybridized carbons (Fsp3) is 0.294. The first kappa shape index (κ1) is 15.3. The minimum atomic E-state index is -0.693. The molecular formula is C17H19N3O3. The zero-order valence-electron chi connectivity index (χ0n) is 13.0. The van der Waals surface area contributed by atoms with Crippen molar-refractivity contribution in [3.8, 4) is 5.75 Å². The van der Waals surface area contributed by atoms with Crippen LogP contribution in [0.5, 0.6) is 5.75 Å². The highest BCUT2D eigenvalue weighted by Crippen LogP contribution is 2.20. The van der Waals surface area contributed by atoms with E-state index in [1.807, 2.05) is 24.3 Å². The summed E-state index contributed by atoms with van der Waals surface area (Å²) >= 11 is 0. The van der Waals surface area contributed by atoms with Crippen LogP contribution in [0.15, 0.2) is 35.1 Å². The number of ether oxygens (including phenoxy) is 1. The van der Waals surface area contributed by atoms with Crippen molar-refractivity contribution in [2.75, 3.05) is 13.7 Å². The first-order valence-electron chi connectivity index (χ1n) is 7.47. The van der Waals surface area contributed by atoms with Gasteiger partial charge in [-0.3, -0.25) is 14.5 Å². The van der Waals surface area contributed by atoms with Gasteiger partial charge in [0.05, 0.1) is 7.11 Å². The highest BCUT2D eigenvalue weighted by atomic mass is 16.5. The molecule has 0 fully saturated rings. The van der Waals surface area contributed by atoms with Crippen molar-refractivity contribution in [3.05, 3.63) is 63.1 Å². The topological polar surface area (TPSA) is 88.4 Å². The van der Waals surface area contributed by atoms with Crippen molar-refractivity contribution >= 4 is 5.91 Å². The van der Waals surface area contributed by atoms with E-state index < -0.39 is 11.5 Å². The number of carbonyl (C=O) groups is 1. The summed E-state index contributed by atoms with van der Waals surface area (Å²) in [6.07, 6.45) is 0.750. The van der Waals surface area contributed by atoms with E-state index in [2.05, 4.69) is 9.88 Å². The number of nitrogens with one attached hydrogen (secondary N) is 1. The summed E-state index contributed by atoms with van der Waals surface area (Å²) in [4.78, 5) is 28.1. The molecule has 3 N–H and O–H groups in total. The van der Waals surface area contributed by atoms with Gasteiger partial charge in [-0.1, -0.05) is 12.1 Å². The molecule has 0 atom stereocenters. The second-order valence-corrected chi connectivity index (χ2v) is 5.69. The Bertz CT molecular complexity index is 781. The van der Waals surface area contributed by atoms with Crippen molar-refractivity contribution in [2.45, 2.75) is 19.5 Å². The Hall–Kier alpha value is -2.60. The van der Waals surface area contributed by atoms with Gasteiger partial charge in [0.15, 0.2) is 0 Å². The predicted molar refractivity (Wildman–Crippen MR) is 86.4 cm³/mol. The number of benzene rings is 1. The lowest BCUT2D eigenvalue weighted by Crippen LogP contribution is -2.34. The van der Waals surface area contributed by atoms with Crippen LogP contribution in [-0.2, 0) is 19.5 Å². The normalized spacial score (nSPS) is 14.3. The molecule has 1 aromatic heterocycles. The lowest BCUT2D eigenvalue weighted by atomic mass is 10.0. The Morgan fingerprint density at radius 1 is 1.35 bits per heavy atom. The smallest absolute Gasteiger partial charge is 0.261 e. The summed E-state index contributed by atoms with van der Waals surface area (Å²) in [6.45, 7) is 2.33. The molecule has 1 aliphatic heterocycles. The van der Waals surface area contributed by atoms with Crippen LogP contribution in [0, 0.1) is 0 Å². The van der Waals surface area contributed by atoms with Crippen LogP contribution in [0.1, 0.15) is 27.2 Å². The number of aromatic amines is 1. The number of fused-ring (bicyclic) bond motifs is 1. The molecular weight excluding hydrogens is 294 g/mol. The fourth-order valence-electron chi connectivity index (χ4n) is 2.87. The van der Waals surface area contributed by atoms with Crippen molar-refractivity contribution in [1.82, 2.24) is 9.88 Å². The second-order valence-electron chi connectivity index (χ2n) is 5.69. The maximum absolute atomic E-state index is 11.8. The van der Waals surface area contributed by atoms with E-state index in [0.29, 0.717) is 6.54 Å². The first-order chi connectivity index (χ1) is 11.1. The number of aromatic nitrogens is 1. The van der Waals surface area contributed by atoms with Gasteiger partial charge in [0, 0.05) is 31.7 Å². The number of rotatable bonds is 4. The van der Waals surface area contributed by atoms with E-state index in [9.17, 15) is 9.59 Å². The molecule has 6 nitrogen and oxygen atoms in total. The van der Waals surface area contributed by atoms with Crippen molar-refractivity contribution < 1.29 is 9.53 Å². The third-order valence-electron chi connectivity index (χ3n) is 4.12. The van der Waals surface area contributed by atoms with Gasteiger partial charge in [0.25, 0.3) is 11.5 Å². The highest BCUT2D eigenvalue weighted by Gasteiger charge is 2.20. The van der Waals surface area contributed by atoms with Gasteiger partial charge in [-0.25, -0.2) is 0 Å². The monoisotopic (exact) mass is 313 g/mol. The van der Waals surface area contributed by atoms with Gasteiger partial charge >= 0.3 is 0 Å². The molecule has 120 valence electrons. The van der Waals surface area contributed by atoms with Gasteiger partial charge in [-0.05, 0) is 29.3 Å². The summed E-state index contributed by atoms with van der Waals surface area (Å²) in [5.74, 6) is 0.141. The van der Waals surface area contributed by atoms with Gasteiger partial charge in [0.2, 0.25) is 0 Å². The van der Waals surface area contributed by atoms with E-state index in [1.54, 1.807) is 13.2 Å². The molecule has 0 spiro atoms. The Morgan fingerprint density at radius 2 is 2.09 bits per heavy atom. The SMILES string of the molecule is COc1ccc(CN2CCc3[nH]c(=O)c(C(N)=O)cc3C2)cc1. The average Bonchev–Trinajstić information content (AvgIpc) is 2.55. The quantitative estimate of drug-likeness (QED) is 0.883. The molecule has 1 aliphatic rings. The van der Waals surface area contributed by atoms with Crippen LogP contribution in [0.3, 0.4) is 0 Å². The zero-order valence-corrected chi connectivity index (χ0v) is 13.0. The minimum Gasteiger partial charge on any atom is -0.497 e. The maximum Gasteiger partial charge on any atom is 0.261 e. The van der Waals surface area contributed by atoms with Crippen LogP contribution >= 0.6 is 0 Å². The number of primary amides is 1. The van der Waals surface area contributed by atoms with E-state index >= 15 is 0 Å². The molecule has 1 amide bonds. The van der Waals surface area contributed by atoms with E-state index in [0.717, 1.165) is 36.5 Å². The fourth-order valence-corrected chi connectivity index (χ4v) is 2.87. The van der Waals surface area contributed by atoms with Crippen LogP contribution in [0.2, 0.25) is 0 Å². The van der Waals surface area contributed by atoms with Gasteiger partial charge in [-0.15, -0.1) is 0 Å². The number of amides is 1. The zero-order chi connectivity index (χ0) is 16.4. The van der Waals surface area contributed by atoms with Crippen LogP contribution < -0.4 is 16.0 Å². The number of hydrogen-bond donors (Lipinski definition) is 2. The number of carbonyl (C=O) groups excluding carboxylic acids is 1. The maximum atomic E-state index is 11.8. The number of nitrogens with zero attached hydrogens (tertiary/aromatic N) is 1. The Labute approximate surface area is 133 Å². The molecule has 3 rings (SSSR count). The minimum absolute atomic E-state index is 0.0232. The van der Waals surface area contributed by atoms with Crippen molar-refractivity contribution in [1.29, 1.82) is 0 Å². The van der Waals surface area contributed by atoms with E-state index in [1.165, 1.54) is 5.56 Å². The number of nitrogens with two attached hydrogens (primary N) is 1. The summed E-state index contributed by atoms with van der Waals surface area (Å²) in [5, 5.41) is 0. The molecule has 0 unspecified atom stereocenters. The highest BCUT2D eigenvalue weighted by molar-refractivity contribution is 5.92. The van der Waals surface area contributed by atoms with Crippen molar-refractivity contribution in [2.24, 2.45) is 5.73 Å². The summed E-state index contributed by atoms with van der Waals surface area (Å²) in [6, 6.07) is 9.58. The van der Waals surface area contributed by atoms with E-state index in [-0.39, 0.29) is 5.56 Å². The number of H-pyrrole nitrogens is 1. The molecule has 0 radical (unpaired) electrons. The second kappa shape index (κ2) is 6.26. The molecule has 6 heteroatoms. The Balaban J connectivity index is 1.77. The first-order valence-corrected chi connectivity index (χ1v) is 7.47. The van der Waals surface area contributed by atoms with Crippen LogP contribution in [0.25, 0.3) is 0 Å². The van der Waals surface area contributed by atoms with Crippen LogP contribution in [0.4, 0.5) is 0 Å². The van der Waals surface area contributed by atoms with Crippen molar-refractivity contribution in [3.63, 3.8) is 0 Å². The summed E-state index contributed by atoms with van der Waals surface area (Å²) in [5.41, 5.74) is 7.91. The lowest BCUT2D eigenvalue weighted by Gasteiger charge is -2.28.